The largest absolute Gasteiger partial charge is 0.327 e. The van der Waals surface area contributed by atoms with Gasteiger partial charge in [0.1, 0.15) is 0 Å². The Labute approximate surface area is 125 Å². The van der Waals surface area contributed by atoms with E-state index in [2.05, 4.69) is 53.8 Å². The Morgan fingerprint density at radius 2 is 1.90 bits per heavy atom. The number of rotatable bonds is 5. The van der Waals surface area contributed by atoms with Crippen LogP contribution in [0.1, 0.15) is 17.5 Å². The van der Waals surface area contributed by atoms with Crippen molar-refractivity contribution in [2.75, 3.05) is 0 Å². The molecule has 21 heavy (non-hydrogen) atoms. The normalized spacial score (nSPS) is 12.7. The molecule has 1 unspecified atom stereocenters. The van der Waals surface area contributed by atoms with Crippen LogP contribution in [0.15, 0.2) is 54.9 Å². The van der Waals surface area contributed by atoms with Gasteiger partial charge in [-0.2, -0.15) is 5.10 Å². The van der Waals surface area contributed by atoms with Crippen LogP contribution in [-0.4, -0.2) is 15.8 Å². The minimum Gasteiger partial charge on any atom is -0.327 e. The SMILES string of the molecule is Cn1cc(CCC(N)Cc2ccc3ccccc3c2)cn1. The highest BCUT2D eigenvalue weighted by Crippen LogP contribution is 2.17. The molecule has 3 heteroatoms. The first-order chi connectivity index (χ1) is 10.2. The van der Waals surface area contributed by atoms with Gasteiger partial charge in [-0.15, -0.1) is 0 Å². The number of benzene rings is 2. The van der Waals surface area contributed by atoms with Gasteiger partial charge in [-0.1, -0.05) is 42.5 Å². The lowest BCUT2D eigenvalue weighted by atomic mass is 9.99. The Balaban J connectivity index is 1.61. The maximum Gasteiger partial charge on any atom is 0.0521 e. The van der Waals surface area contributed by atoms with E-state index in [9.17, 15) is 0 Å². The molecule has 2 aromatic carbocycles. The predicted octanol–water partition coefficient (Wildman–Crippen LogP) is 3.08. The zero-order valence-electron chi connectivity index (χ0n) is 12.4. The van der Waals surface area contributed by atoms with E-state index in [4.69, 9.17) is 5.73 Å². The lowest BCUT2D eigenvalue weighted by Crippen LogP contribution is -2.23. The van der Waals surface area contributed by atoms with Crippen LogP contribution in [0.5, 0.6) is 0 Å². The van der Waals surface area contributed by atoms with Gasteiger partial charge in [-0.3, -0.25) is 4.68 Å². The summed E-state index contributed by atoms with van der Waals surface area (Å²) in [6.07, 6.45) is 6.87. The topological polar surface area (TPSA) is 43.8 Å². The molecule has 1 heterocycles. The summed E-state index contributed by atoms with van der Waals surface area (Å²) in [7, 11) is 1.94. The minimum absolute atomic E-state index is 0.186. The van der Waals surface area contributed by atoms with E-state index in [1.165, 1.54) is 21.9 Å². The summed E-state index contributed by atoms with van der Waals surface area (Å²) in [5.74, 6) is 0. The number of nitrogens with zero attached hydrogens (tertiary/aromatic N) is 2. The van der Waals surface area contributed by atoms with Gasteiger partial charge in [-0.05, 0) is 41.2 Å². The summed E-state index contributed by atoms with van der Waals surface area (Å²) in [4.78, 5) is 0. The van der Waals surface area contributed by atoms with Crippen molar-refractivity contribution in [3.63, 3.8) is 0 Å². The molecule has 0 radical (unpaired) electrons. The van der Waals surface area contributed by atoms with E-state index in [1.54, 1.807) is 0 Å². The van der Waals surface area contributed by atoms with Crippen molar-refractivity contribution >= 4 is 10.8 Å². The lowest BCUT2D eigenvalue weighted by Gasteiger charge is -2.11. The third-order valence-corrected chi connectivity index (χ3v) is 3.87. The number of aromatic nitrogens is 2. The van der Waals surface area contributed by atoms with Crippen LogP contribution in [0.4, 0.5) is 0 Å². The first-order valence-corrected chi connectivity index (χ1v) is 7.41. The Kier molecular flexibility index (Phi) is 4.02. The molecule has 0 spiro atoms. The smallest absolute Gasteiger partial charge is 0.0521 e. The van der Waals surface area contributed by atoms with Gasteiger partial charge in [-0.25, -0.2) is 0 Å². The highest BCUT2D eigenvalue weighted by molar-refractivity contribution is 5.82. The first-order valence-electron chi connectivity index (χ1n) is 7.41. The number of aryl methyl sites for hydroxylation is 2. The maximum atomic E-state index is 6.28. The molecule has 1 atom stereocenters. The summed E-state index contributed by atoms with van der Waals surface area (Å²) >= 11 is 0. The Bertz CT molecular complexity index is 730. The van der Waals surface area contributed by atoms with Gasteiger partial charge in [0.15, 0.2) is 0 Å². The fourth-order valence-corrected chi connectivity index (χ4v) is 2.72. The second kappa shape index (κ2) is 6.10. The molecule has 1 aromatic heterocycles. The molecular weight excluding hydrogens is 258 g/mol. The van der Waals surface area contributed by atoms with Crippen molar-refractivity contribution in [1.29, 1.82) is 0 Å². The van der Waals surface area contributed by atoms with E-state index in [0.717, 1.165) is 19.3 Å². The van der Waals surface area contributed by atoms with Crippen molar-refractivity contribution in [2.45, 2.75) is 25.3 Å². The molecule has 0 bridgehead atoms. The van der Waals surface area contributed by atoms with Crippen molar-refractivity contribution in [3.05, 3.63) is 66.0 Å². The number of hydrogen-bond acceptors (Lipinski definition) is 2. The second-order valence-electron chi connectivity index (χ2n) is 5.71. The summed E-state index contributed by atoms with van der Waals surface area (Å²) in [6, 6.07) is 15.2. The standard InChI is InChI=1S/C18H21N3/c1-21-13-15(12-20-21)7-9-18(19)11-14-6-8-16-4-2-3-5-17(16)10-14/h2-6,8,10,12-13,18H,7,9,11,19H2,1H3. The van der Waals surface area contributed by atoms with Gasteiger partial charge in [0.2, 0.25) is 0 Å². The van der Waals surface area contributed by atoms with Gasteiger partial charge in [0.25, 0.3) is 0 Å². The van der Waals surface area contributed by atoms with E-state index in [-0.39, 0.29) is 6.04 Å². The van der Waals surface area contributed by atoms with Crippen LogP contribution in [0, 0.1) is 0 Å². The fourth-order valence-electron chi connectivity index (χ4n) is 2.72. The zero-order valence-corrected chi connectivity index (χ0v) is 12.4. The van der Waals surface area contributed by atoms with Crippen LogP contribution in [-0.2, 0) is 19.9 Å². The summed E-state index contributed by atoms with van der Waals surface area (Å²) in [5.41, 5.74) is 8.85. The zero-order chi connectivity index (χ0) is 14.7. The van der Waals surface area contributed by atoms with Crippen molar-refractivity contribution < 1.29 is 0 Å². The van der Waals surface area contributed by atoms with E-state index >= 15 is 0 Å². The minimum atomic E-state index is 0.186. The Hall–Kier alpha value is -2.13. The third kappa shape index (κ3) is 3.50. The van der Waals surface area contributed by atoms with Crippen molar-refractivity contribution in [3.8, 4) is 0 Å². The predicted molar refractivity (Wildman–Crippen MR) is 87.2 cm³/mol. The van der Waals surface area contributed by atoms with Crippen LogP contribution in [0.2, 0.25) is 0 Å². The number of fused-ring (bicyclic) bond motifs is 1. The van der Waals surface area contributed by atoms with Gasteiger partial charge >= 0.3 is 0 Å². The van der Waals surface area contributed by atoms with E-state index < -0.39 is 0 Å². The van der Waals surface area contributed by atoms with E-state index in [0.29, 0.717) is 0 Å². The average Bonchev–Trinajstić information content (AvgIpc) is 2.91. The quantitative estimate of drug-likeness (QED) is 0.780. The van der Waals surface area contributed by atoms with Gasteiger partial charge in [0.05, 0.1) is 6.20 Å². The molecule has 0 fully saturated rings. The van der Waals surface area contributed by atoms with Crippen molar-refractivity contribution in [1.82, 2.24) is 9.78 Å². The van der Waals surface area contributed by atoms with Gasteiger partial charge < -0.3 is 5.73 Å². The first kappa shape index (κ1) is 13.8. The Morgan fingerprint density at radius 3 is 2.67 bits per heavy atom. The van der Waals surface area contributed by atoms with Crippen LogP contribution >= 0.6 is 0 Å². The van der Waals surface area contributed by atoms with Gasteiger partial charge in [0, 0.05) is 19.3 Å². The molecule has 3 rings (SSSR count). The molecule has 2 N–H and O–H groups in total. The molecule has 0 saturated carbocycles. The summed E-state index contributed by atoms with van der Waals surface area (Å²) in [5, 5.41) is 6.76. The molecule has 0 aliphatic carbocycles. The molecule has 0 amide bonds. The summed E-state index contributed by atoms with van der Waals surface area (Å²) < 4.78 is 1.84. The van der Waals surface area contributed by atoms with Crippen LogP contribution < -0.4 is 5.73 Å². The van der Waals surface area contributed by atoms with Crippen molar-refractivity contribution in [2.24, 2.45) is 12.8 Å². The molecule has 3 nitrogen and oxygen atoms in total. The third-order valence-electron chi connectivity index (χ3n) is 3.87. The van der Waals surface area contributed by atoms with E-state index in [1.807, 2.05) is 17.9 Å². The average molecular weight is 279 g/mol. The molecule has 108 valence electrons. The molecule has 3 aromatic rings. The number of hydrogen-bond donors (Lipinski definition) is 1. The van der Waals surface area contributed by atoms with Crippen LogP contribution in [0.25, 0.3) is 10.8 Å². The highest BCUT2D eigenvalue weighted by atomic mass is 15.2. The lowest BCUT2D eigenvalue weighted by molar-refractivity contribution is 0.610. The van der Waals surface area contributed by atoms with Crippen LogP contribution in [0.3, 0.4) is 0 Å². The maximum absolute atomic E-state index is 6.28. The molecule has 0 aliphatic rings. The molecular formula is C18H21N3. The highest BCUT2D eigenvalue weighted by Gasteiger charge is 2.06. The molecule has 0 aliphatic heterocycles. The fraction of sp³-hybridized carbons (Fsp3) is 0.278. The Morgan fingerprint density at radius 1 is 1.10 bits per heavy atom. The monoisotopic (exact) mass is 279 g/mol. The second-order valence-corrected chi connectivity index (χ2v) is 5.71. The molecule has 0 saturated heterocycles. The number of nitrogens with two attached hydrogens (primary N) is 1. The summed E-state index contributed by atoms with van der Waals surface area (Å²) in [6.45, 7) is 0.